The monoisotopic (exact) mass is 311 g/mol. The van der Waals surface area contributed by atoms with Crippen molar-refractivity contribution in [3.8, 4) is 0 Å². The minimum Gasteiger partial charge on any atom is -0.394 e. The highest BCUT2D eigenvalue weighted by atomic mass is 32.2. The van der Waals surface area contributed by atoms with E-state index in [1.54, 1.807) is 12.1 Å². The number of halogens is 1. The van der Waals surface area contributed by atoms with Gasteiger partial charge in [-0.25, -0.2) is 4.39 Å². The van der Waals surface area contributed by atoms with E-state index >= 15 is 0 Å². The Hall–Kier alpha value is -1.07. The van der Waals surface area contributed by atoms with E-state index in [9.17, 15) is 14.3 Å². The summed E-state index contributed by atoms with van der Waals surface area (Å²) in [5, 5.41) is 12.6. The van der Waals surface area contributed by atoms with Gasteiger partial charge in [-0.05, 0) is 55.9 Å². The maximum absolute atomic E-state index is 12.8. The predicted octanol–water partition coefficient (Wildman–Crippen LogP) is 2.98. The molecule has 0 radical (unpaired) electrons. The molecule has 1 saturated carbocycles. The largest absolute Gasteiger partial charge is 0.394 e. The van der Waals surface area contributed by atoms with Crippen LogP contribution in [0.3, 0.4) is 0 Å². The van der Waals surface area contributed by atoms with Crippen molar-refractivity contribution in [1.82, 2.24) is 5.32 Å². The van der Waals surface area contributed by atoms with Crippen molar-refractivity contribution in [2.75, 3.05) is 12.4 Å². The molecule has 0 aromatic heterocycles. The van der Waals surface area contributed by atoms with Crippen LogP contribution < -0.4 is 5.32 Å². The molecule has 0 saturated heterocycles. The topological polar surface area (TPSA) is 49.3 Å². The van der Waals surface area contributed by atoms with E-state index in [1.165, 1.54) is 23.9 Å². The molecule has 1 aromatic carbocycles. The second kappa shape index (κ2) is 7.27. The van der Waals surface area contributed by atoms with Crippen LogP contribution >= 0.6 is 11.8 Å². The summed E-state index contributed by atoms with van der Waals surface area (Å²) in [4.78, 5) is 12.9. The van der Waals surface area contributed by atoms with Crippen LogP contribution in [0.25, 0.3) is 0 Å². The van der Waals surface area contributed by atoms with Gasteiger partial charge in [0.15, 0.2) is 0 Å². The highest BCUT2D eigenvalue weighted by Crippen LogP contribution is 2.31. The fourth-order valence-corrected chi connectivity index (χ4v) is 3.35. The van der Waals surface area contributed by atoms with Crippen LogP contribution in [-0.4, -0.2) is 28.9 Å². The lowest BCUT2D eigenvalue weighted by Gasteiger charge is -2.38. The van der Waals surface area contributed by atoms with Gasteiger partial charge < -0.3 is 10.4 Å². The van der Waals surface area contributed by atoms with Gasteiger partial charge in [-0.15, -0.1) is 11.8 Å². The van der Waals surface area contributed by atoms with Gasteiger partial charge in [-0.1, -0.05) is 6.92 Å². The van der Waals surface area contributed by atoms with Crippen LogP contribution in [0.2, 0.25) is 0 Å². The number of thioether (sulfide) groups is 1. The van der Waals surface area contributed by atoms with Crippen LogP contribution in [0.5, 0.6) is 0 Å². The van der Waals surface area contributed by atoms with Gasteiger partial charge in [0.2, 0.25) is 5.91 Å². The normalized spacial score (nSPS) is 25.6. The molecule has 1 fully saturated rings. The minimum atomic E-state index is -0.451. The molecular formula is C16H22FNO2S. The second-order valence-electron chi connectivity index (χ2n) is 5.91. The Balaban J connectivity index is 1.84. The molecule has 1 amide bonds. The Kier molecular flexibility index (Phi) is 5.65. The molecule has 5 heteroatoms. The summed E-state index contributed by atoms with van der Waals surface area (Å²) in [6.45, 7) is 2.19. The smallest absolute Gasteiger partial charge is 0.230 e. The number of benzene rings is 1. The first kappa shape index (κ1) is 16.3. The Labute approximate surface area is 129 Å². The molecule has 0 aliphatic heterocycles. The summed E-state index contributed by atoms with van der Waals surface area (Å²) in [5.74, 6) is 0.589. The van der Waals surface area contributed by atoms with Gasteiger partial charge >= 0.3 is 0 Å². The average molecular weight is 311 g/mol. The second-order valence-corrected chi connectivity index (χ2v) is 6.96. The number of rotatable bonds is 5. The minimum absolute atomic E-state index is 0.00727. The third-order valence-corrected chi connectivity index (χ3v) is 5.13. The summed E-state index contributed by atoms with van der Waals surface area (Å²) >= 11 is 1.38. The average Bonchev–Trinajstić information content (AvgIpc) is 2.49. The lowest BCUT2D eigenvalue weighted by molar-refractivity contribution is -0.121. The maximum Gasteiger partial charge on any atom is 0.230 e. The maximum atomic E-state index is 12.8. The summed E-state index contributed by atoms with van der Waals surface area (Å²) in [6.07, 6.45) is 3.73. The van der Waals surface area contributed by atoms with Gasteiger partial charge in [0.1, 0.15) is 5.82 Å². The van der Waals surface area contributed by atoms with E-state index in [0.29, 0.717) is 5.92 Å². The van der Waals surface area contributed by atoms with Gasteiger partial charge in [-0.3, -0.25) is 4.79 Å². The number of amides is 1. The third kappa shape index (κ3) is 4.71. The molecule has 1 aliphatic rings. The number of nitrogens with one attached hydrogen (secondary N) is 1. The first-order valence-corrected chi connectivity index (χ1v) is 8.32. The van der Waals surface area contributed by atoms with E-state index < -0.39 is 5.54 Å². The summed E-state index contributed by atoms with van der Waals surface area (Å²) in [5.41, 5.74) is -0.451. The summed E-state index contributed by atoms with van der Waals surface area (Å²) < 4.78 is 12.8. The van der Waals surface area contributed by atoms with E-state index in [2.05, 4.69) is 12.2 Å². The number of carbonyl (C=O) groups is 1. The first-order valence-electron chi connectivity index (χ1n) is 7.33. The quantitative estimate of drug-likeness (QED) is 0.822. The molecule has 1 aromatic rings. The molecular weight excluding hydrogens is 289 g/mol. The van der Waals surface area contributed by atoms with Crippen molar-refractivity contribution in [3.05, 3.63) is 30.1 Å². The lowest BCUT2D eigenvalue weighted by Crippen LogP contribution is -2.53. The van der Waals surface area contributed by atoms with Crippen molar-refractivity contribution in [3.63, 3.8) is 0 Å². The zero-order valence-corrected chi connectivity index (χ0v) is 13.1. The van der Waals surface area contributed by atoms with Crippen LogP contribution in [0.15, 0.2) is 29.2 Å². The molecule has 21 heavy (non-hydrogen) atoms. The Morgan fingerprint density at radius 2 is 2.00 bits per heavy atom. The SMILES string of the molecule is CC1CCC(CO)(NC(=O)CSc2ccc(F)cc2)CC1. The van der Waals surface area contributed by atoms with E-state index in [0.717, 1.165) is 30.6 Å². The molecule has 0 atom stereocenters. The van der Waals surface area contributed by atoms with Crippen molar-refractivity contribution in [2.45, 2.75) is 43.0 Å². The number of carbonyl (C=O) groups excluding carboxylic acids is 1. The molecule has 0 unspecified atom stereocenters. The van der Waals surface area contributed by atoms with Crippen molar-refractivity contribution in [1.29, 1.82) is 0 Å². The number of aliphatic hydroxyl groups excluding tert-OH is 1. The van der Waals surface area contributed by atoms with E-state index in [-0.39, 0.29) is 24.1 Å². The van der Waals surface area contributed by atoms with Crippen molar-refractivity contribution in [2.24, 2.45) is 5.92 Å². The Bertz CT molecular complexity index is 470. The predicted molar refractivity (Wildman–Crippen MR) is 82.7 cm³/mol. The number of hydrogen-bond acceptors (Lipinski definition) is 3. The summed E-state index contributed by atoms with van der Waals surface area (Å²) in [7, 11) is 0. The molecule has 0 bridgehead atoms. The number of aliphatic hydroxyl groups is 1. The zero-order valence-electron chi connectivity index (χ0n) is 12.3. The molecule has 3 nitrogen and oxygen atoms in total. The van der Waals surface area contributed by atoms with Crippen LogP contribution in [0, 0.1) is 11.7 Å². The molecule has 0 heterocycles. The molecule has 0 spiro atoms. The molecule has 1 aliphatic carbocycles. The van der Waals surface area contributed by atoms with Gasteiger partial charge in [0.05, 0.1) is 17.9 Å². The highest BCUT2D eigenvalue weighted by Gasteiger charge is 2.34. The zero-order chi connectivity index (χ0) is 15.3. The molecule has 2 N–H and O–H groups in total. The van der Waals surface area contributed by atoms with Crippen LogP contribution in [0.4, 0.5) is 4.39 Å². The standard InChI is InChI=1S/C16H22FNO2S/c1-12-6-8-16(11-19,9-7-12)18-15(20)10-21-14-4-2-13(17)3-5-14/h2-5,12,19H,6-11H2,1H3,(H,18,20). The van der Waals surface area contributed by atoms with Gasteiger partial charge in [-0.2, -0.15) is 0 Å². The van der Waals surface area contributed by atoms with Crippen LogP contribution in [0.1, 0.15) is 32.6 Å². The van der Waals surface area contributed by atoms with Crippen molar-refractivity contribution >= 4 is 17.7 Å². The molecule has 116 valence electrons. The Morgan fingerprint density at radius 3 is 2.57 bits per heavy atom. The Morgan fingerprint density at radius 1 is 1.38 bits per heavy atom. The lowest BCUT2D eigenvalue weighted by atomic mass is 9.77. The number of hydrogen-bond donors (Lipinski definition) is 2. The van der Waals surface area contributed by atoms with Gasteiger partial charge in [0, 0.05) is 4.90 Å². The fourth-order valence-electron chi connectivity index (χ4n) is 2.65. The van der Waals surface area contributed by atoms with Crippen molar-refractivity contribution < 1.29 is 14.3 Å². The molecule has 2 rings (SSSR count). The van der Waals surface area contributed by atoms with E-state index in [4.69, 9.17) is 0 Å². The highest BCUT2D eigenvalue weighted by molar-refractivity contribution is 8.00. The third-order valence-electron chi connectivity index (χ3n) is 4.12. The van der Waals surface area contributed by atoms with Gasteiger partial charge in [0.25, 0.3) is 0 Å². The van der Waals surface area contributed by atoms with E-state index in [1.807, 2.05) is 0 Å². The van der Waals surface area contributed by atoms with Crippen LogP contribution in [-0.2, 0) is 4.79 Å². The first-order chi connectivity index (χ1) is 10.0. The summed E-state index contributed by atoms with van der Waals surface area (Å²) in [6, 6.07) is 6.10. The fraction of sp³-hybridized carbons (Fsp3) is 0.562.